The Morgan fingerprint density at radius 3 is 2.54 bits per heavy atom. The summed E-state index contributed by atoms with van der Waals surface area (Å²) in [4.78, 5) is 16.4. The number of anilines is 2. The van der Waals surface area contributed by atoms with Crippen LogP contribution in [0.2, 0.25) is 0 Å². The minimum atomic E-state index is -0.506. The van der Waals surface area contributed by atoms with Crippen LogP contribution in [0.15, 0.2) is 67.0 Å². The van der Waals surface area contributed by atoms with Crippen LogP contribution in [0.4, 0.5) is 16.2 Å². The number of amides is 1. The van der Waals surface area contributed by atoms with Gasteiger partial charge in [-0.25, -0.2) is 4.79 Å². The predicted octanol–water partition coefficient (Wildman–Crippen LogP) is 6.72. The minimum Gasteiger partial charge on any atom is -0.494 e. The standard InChI is InChI=1S/C28H30N4O3/c1-3-34-23-11-12-24-25(17-23)32(22-5-4-6-22)27(26(24)29)20-7-9-21(10-8-20)31-28(33)35-18(2)19-13-15-30-16-14-19/h7-18,22H,3-6,29H2,1-2H3,(H,31,33)/t18-/m1/s1. The van der Waals surface area contributed by atoms with E-state index < -0.39 is 6.09 Å². The van der Waals surface area contributed by atoms with E-state index in [0.29, 0.717) is 18.3 Å². The Kier molecular flexibility index (Phi) is 6.31. The number of hydrogen-bond acceptors (Lipinski definition) is 5. The van der Waals surface area contributed by atoms with Crippen molar-refractivity contribution in [2.45, 2.75) is 45.3 Å². The van der Waals surface area contributed by atoms with Gasteiger partial charge in [-0.3, -0.25) is 10.3 Å². The Hall–Kier alpha value is -4.00. The summed E-state index contributed by atoms with van der Waals surface area (Å²) >= 11 is 0. The quantitative estimate of drug-likeness (QED) is 0.313. The van der Waals surface area contributed by atoms with Gasteiger partial charge < -0.3 is 19.8 Å². The van der Waals surface area contributed by atoms with Gasteiger partial charge in [-0.2, -0.15) is 0 Å². The fraction of sp³-hybridized carbons (Fsp3) is 0.286. The molecule has 3 N–H and O–H groups in total. The summed E-state index contributed by atoms with van der Waals surface area (Å²) in [5.41, 5.74) is 12.1. The lowest BCUT2D eigenvalue weighted by molar-refractivity contribution is 0.121. The van der Waals surface area contributed by atoms with Crippen molar-refractivity contribution in [1.29, 1.82) is 0 Å². The highest BCUT2D eigenvalue weighted by Gasteiger charge is 2.27. The van der Waals surface area contributed by atoms with Crippen LogP contribution in [0.5, 0.6) is 5.75 Å². The topological polar surface area (TPSA) is 91.4 Å². The number of hydrogen-bond donors (Lipinski definition) is 2. The first-order chi connectivity index (χ1) is 17.0. The minimum absolute atomic E-state index is 0.378. The molecule has 5 rings (SSSR count). The van der Waals surface area contributed by atoms with Crippen molar-refractivity contribution < 1.29 is 14.3 Å². The van der Waals surface area contributed by atoms with Crippen LogP contribution < -0.4 is 15.8 Å². The first-order valence-electron chi connectivity index (χ1n) is 12.1. The molecule has 0 unspecified atom stereocenters. The molecule has 2 aromatic heterocycles. The molecular weight excluding hydrogens is 440 g/mol. The molecule has 0 saturated heterocycles. The Balaban J connectivity index is 1.39. The molecule has 35 heavy (non-hydrogen) atoms. The number of rotatable bonds is 7. The number of fused-ring (bicyclic) bond motifs is 1. The first-order valence-corrected chi connectivity index (χ1v) is 12.1. The van der Waals surface area contributed by atoms with Crippen molar-refractivity contribution in [3.8, 4) is 17.0 Å². The Bertz CT molecular complexity index is 1330. The molecular formula is C28H30N4O3. The van der Waals surface area contributed by atoms with Crippen LogP contribution in [0.1, 0.15) is 50.8 Å². The third-order valence-electron chi connectivity index (χ3n) is 6.63. The van der Waals surface area contributed by atoms with Gasteiger partial charge in [0, 0.05) is 41.1 Å². The summed E-state index contributed by atoms with van der Waals surface area (Å²) in [7, 11) is 0. The lowest BCUT2D eigenvalue weighted by atomic mass is 9.92. The van der Waals surface area contributed by atoms with E-state index in [1.54, 1.807) is 12.4 Å². The number of benzene rings is 2. The van der Waals surface area contributed by atoms with Gasteiger partial charge in [0.05, 0.1) is 23.5 Å². The number of carbonyl (C=O) groups excluding carboxylic acids is 1. The van der Waals surface area contributed by atoms with Gasteiger partial charge in [-0.05, 0) is 75.1 Å². The molecule has 1 aliphatic carbocycles. The van der Waals surface area contributed by atoms with Crippen molar-refractivity contribution in [1.82, 2.24) is 9.55 Å². The monoisotopic (exact) mass is 470 g/mol. The predicted molar refractivity (Wildman–Crippen MR) is 139 cm³/mol. The Morgan fingerprint density at radius 2 is 1.89 bits per heavy atom. The van der Waals surface area contributed by atoms with E-state index >= 15 is 0 Å². The molecule has 1 saturated carbocycles. The molecule has 1 aliphatic rings. The van der Waals surface area contributed by atoms with Crippen LogP contribution in [0, 0.1) is 0 Å². The van der Waals surface area contributed by atoms with Crippen LogP contribution in [0.25, 0.3) is 22.2 Å². The lowest BCUT2D eigenvalue weighted by Gasteiger charge is -2.30. The van der Waals surface area contributed by atoms with Crippen molar-refractivity contribution in [3.63, 3.8) is 0 Å². The van der Waals surface area contributed by atoms with Crippen LogP contribution in [-0.2, 0) is 4.74 Å². The van der Waals surface area contributed by atoms with E-state index in [0.717, 1.165) is 52.0 Å². The third kappa shape index (κ3) is 4.54. The molecule has 2 aromatic carbocycles. The second kappa shape index (κ2) is 9.70. The number of nitrogens with two attached hydrogens (primary N) is 1. The summed E-state index contributed by atoms with van der Waals surface area (Å²) in [6, 6.07) is 17.9. The molecule has 7 heteroatoms. The van der Waals surface area contributed by atoms with Gasteiger partial charge in [0.15, 0.2) is 0 Å². The molecule has 7 nitrogen and oxygen atoms in total. The number of nitrogens with one attached hydrogen (secondary N) is 1. The highest BCUT2D eigenvalue weighted by Crippen LogP contribution is 2.44. The summed E-state index contributed by atoms with van der Waals surface area (Å²) in [5, 5.41) is 3.85. The number of nitrogen functional groups attached to an aromatic ring is 1. The molecule has 0 radical (unpaired) electrons. The lowest BCUT2D eigenvalue weighted by Crippen LogP contribution is -2.18. The van der Waals surface area contributed by atoms with Crippen molar-refractivity contribution in [3.05, 3.63) is 72.6 Å². The van der Waals surface area contributed by atoms with Crippen LogP contribution in [-0.4, -0.2) is 22.3 Å². The number of pyridine rings is 1. The molecule has 0 aliphatic heterocycles. The van der Waals surface area contributed by atoms with E-state index in [1.165, 1.54) is 6.42 Å². The molecule has 1 fully saturated rings. The van der Waals surface area contributed by atoms with E-state index in [-0.39, 0.29) is 6.10 Å². The SMILES string of the molecule is CCOc1ccc2c(N)c(-c3ccc(NC(=O)O[C@H](C)c4ccncc4)cc3)n(C3CCC3)c2c1. The van der Waals surface area contributed by atoms with Gasteiger partial charge in [-0.15, -0.1) is 0 Å². The fourth-order valence-electron chi connectivity index (χ4n) is 4.61. The van der Waals surface area contributed by atoms with Crippen molar-refractivity contribution in [2.75, 3.05) is 17.7 Å². The maximum Gasteiger partial charge on any atom is 0.412 e. The molecule has 1 atom stereocenters. The maximum absolute atomic E-state index is 12.4. The maximum atomic E-state index is 12.4. The first kappa shape index (κ1) is 22.8. The third-order valence-corrected chi connectivity index (χ3v) is 6.63. The van der Waals surface area contributed by atoms with Crippen LogP contribution >= 0.6 is 0 Å². The highest BCUT2D eigenvalue weighted by atomic mass is 16.6. The zero-order valence-electron chi connectivity index (χ0n) is 20.0. The van der Waals surface area contributed by atoms with Gasteiger partial charge in [0.1, 0.15) is 11.9 Å². The van der Waals surface area contributed by atoms with E-state index in [4.69, 9.17) is 15.2 Å². The molecule has 4 aromatic rings. The van der Waals surface area contributed by atoms with E-state index in [9.17, 15) is 4.79 Å². The average molecular weight is 471 g/mol. The van der Waals surface area contributed by atoms with Gasteiger partial charge in [0.25, 0.3) is 0 Å². The second-order valence-electron chi connectivity index (χ2n) is 8.86. The number of carbonyl (C=O) groups is 1. The molecule has 1 amide bonds. The summed E-state index contributed by atoms with van der Waals surface area (Å²) in [6.07, 6.45) is 5.96. The smallest absolute Gasteiger partial charge is 0.412 e. The summed E-state index contributed by atoms with van der Waals surface area (Å²) < 4.78 is 13.6. The summed E-state index contributed by atoms with van der Waals surface area (Å²) in [6.45, 7) is 4.44. The van der Waals surface area contributed by atoms with Crippen molar-refractivity contribution in [2.24, 2.45) is 0 Å². The van der Waals surface area contributed by atoms with E-state index in [2.05, 4.69) is 20.9 Å². The summed E-state index contributed by atoms with van der Waals surface area (Å²) in [5.74, 6) is 0.851. The normalized spacial score (nSPS) is 14.3. The zero-order chi connectivity index (χ0) is 24.4. The van der Waals surface area contributed by atoms with Crippen molar-refractivity contribution >= 4 is 28.4 Å². The largest absolute Gasteiger partial charge is 0.494 e. The fourth-order valence-corrected chi connectivity index (χ4v) is 4.61. The number of aromatic nitrogens is 2. The van der Waals surface area contributed by atoms with Crippen LogP contribution in [0.3, 0.4) is 0 Å². The average Bonchev–Trinajstić information content (AvgIpc) is 3.10. The molecule has 180 valence electrons. The Labute approximate surface area is 204 Å². The molecule has 0 spiro atoms. The molecule has 2 heterocycles. The zero-order valence-corrected chi connectivity index (χ0v) is 20.0. The van der Waals surface area contributed by atoms with Gasteiger partial charge in [0.2, 0.25) is 0 Å². The number of nitrogens with zero attached hydrogens (tertiary/aromatic N) is 2. The highest BCUT2D eigenvalue weighted by molar-refractivity contribution is 6.01. The van der Waals surface area contributed by atoms with Gasteiger partial charge in [-0.1, -0.05) is 12.1 Å². The number of ether oxygens (including phenoxy) is 2. The van der Waals surface area contributed by atoms with Gasteiger partial charge >= 0.3 is 6.09 Å². The Morgan fingerprint density at radius 1 is 1.14 bits per heavy atom. The molecule has 0 bridgehead atoms. The second-order valence-corrected chi connectivity index (χ2v) is 8.86. The van der Waals surface area contributed by atoms with E-state index in [1.807, 2.05) is 62.4 Å².